The minimum atomic E-state index is -0.0625. The summed E-state index contributed by atoms with van der Waals surface area (Å²) in [5, 5.41) is 9.01. The van der Waals surface area contributed by atoms with Crippen molar-refractivity contribution in [3.8, 4) is 0 Å². The Balaban J connectivity index is 2.26. The highest BCUT2D eigenvalue weighted by atomic mass is 16.5. The van der Waals surface area contributed by atoms with Gasteiger partial charge in [-0.25, -0.2) is 0 Å². The molecule has 1 heterocycles. The van der Waals surface area contributed by atoms with Crippen LogP contribution in [0.3, 0.4) is 0 Å². The summed E-state index contributed by atoms with van der Waals surface area (Å²) < 4.78 is 10.8. The second-order valence-corrected chi connectivity index (χ2v) is 4.69. The van der Waals surface area contributed by atoms with Crippen LogP contribution in [0.5, 0.6) is 0 Å². The van der Waals surface area contributed by atoms with E-state index in [1.807, 2.05) is 0 Å². The van der Waals surface area contributed by atoms with E-state index in [2.05, 4.69) is 18.7 Å². The molecule has 0 aromatic carbocycles. The molecular formula is C11H23NO3. The third-order valence-electron chi connectivity index (χ3n) is 3.01. The molecule has 0 aromatic heterocycles. The van der Waals surface area contributed by atoms with E-state index in [0.717, 1.165) is 32.7 Å². The average Bonchev–Trinajstić information content (AvgIpc) is 2.27. The summed E-state index contributed by atoms with van der Waals surface area (Å²) in [6, 6.07) is 0. The summed E-state index contributed by atoms with van der Waals surface area (Å²) in [6.07, 6.45) is 0.992. The highest BCUT2D eigenvalue weighted by Crippen LogP contribution is 2.15. The molecule has 4 nitrogen and oxygen atoms in total. The molecule has 0 bridgehead atoms. The Morgan fingerprint density at radius 2 is 2.27 bits per heavy atom. The first kappa shape index (κ1) is 12.9. The van der Waals surface area contributed by atoms with Crippen molar-refractivity contribution in [2.45, 2.75) is 32.0 Å². The van der Waals surface area contributed by atoms with Gasteiger partial charge in [-0.3, -0.25) is 4.90 Å². The van der Waals surface area contributed by atoms with E-state index in [1.165, 1.54) is 0 Å². The van der Waals surface area contributed by atoms with E-state index in [1.54, 1.807) is 7.11 Å². The molecule has 1 fully saturated rings. The van der Waals surface area contributed by atoms with Gasteiger partial charge in [0.2, 0.25) is 0 Å². The van der Waals surface area contributed by atoms with Crippen molar-refractivity contribution in [3.63, 3.8) is 0 Å². The minimum Gasteiger partial charge on any atom is -0.394 e. The number of methoxy groups -OCH3 is 1. The van der Waals surface area contributed by atoms with Crippen LogP contribution in [0, 0.1) is 0 Å². The predicted molar refractivity (Wildman–Crippen MR) is 59.0 cm³/mol. The molecule has 1 atom stereocenters. The van der Waals surface area contributed by atoms with Gasteiger partial charge in [0.1, 0.15) is 0 Å². The number of rotatable bonds is 5. The third kappa shape index (κ3) is 4.47. The van der Waals surface area contributed by atoms with Crippen molar-refractivity contribution in [2.24, 2.45) is 0 Å². The fourth-order valence-electron chi connectivity index (χ4n) is 1.62. The minimum absolute atomic E-state index is 0.00981. The van der Waals surface area contributed by atoms with Gasteiger partial charge >= 0.3 is 0 Å². The third-order valence-corrected chi connectivity index (χ3v) is 3.01. The number of nitrogens with zero attached hydrogens (tertiary/aromatic N) is 1. The van der Waals surface area contributed by atoms with Crippen LogP contribution in [0.4, 0.5) is 0 Å². The Bertz CT molecular complexity index is 185. The van der Waals surface area contributed by atoms with Crippen molar-refractivity contribution in [3.05, 3.63) is 0 Å². The number of aliphatic hydroxyl groups is 1. The Morgan fingerprint density at radius 3 is 2.87 bits per heavy atom. The van der Waals surface area contributed by atoms with Gasteiger partial charge in [-0.15, -0.1) is 0 Å². The van der Waals surface area contributed by atoms with Gasteiger partial charge in [-0.1, -0.05) is 0 Å². The first-order chi connectivity index (χ1) is 7.07. The Hall–Kier alpha value is -0.160. The van der Waals surface area contributed by atoms with Gasteiger partial charge in [-0.05, 0) is 20.3 Å². The predicted octanol–water partition coefficient (Wildman–Crippen LogP) is 0.495. The van der Waals surface area contributed by atoms with Gasteiger partial charge in [0.05, 0.1) is 24.9 Å². The molecule has 0 spiro atoms. The quantitative estimate of drug-likeness (QED) is 0.728. The molecule has 15 heavy (non-hydrogen) atoms. The van der Waals surface area contributed by atoms with Gasteiger partial charge in [0.15, 0.2) is 0 Å². The average molecular weight is 217 g/mol. The van der Waals surface area contributed by atoms with Crippen LogP contribution < -0.4 is 0 Å². The summed E-state index contributed by atoms with van der Waals surface area (Å²) in [5.74, 6) is 0. The van der Waals surface area contributed by atoms with Gasteiger partial charge < -0.3 is 14.6 Å². The van der Waals surface area contributed by atoms with E-state index >= 15 is 0 Å². The molecule has 0 radical (unpaired) electrons. The number of hydrogen-bond donors (Lipinski definition) is 1. The fraction of sp³-hybridized carbons (Fsp3) is 1.00. The lowest BCUT2D eigenvalue weighted by molar-refractivity contribution is -0.0611. The van der Waals surface area contributed by atoms with E-state index in [4.69, 9.17) is 14.6 Å². The molecular weight excluding hydrogens is 194 g/mol. The van der Waals surface area contributed by atoms with Gasteiger partial charge in [0, 0.05) is 26.7 Å². The summed E-state index contributed by atoms with van der Waals surface area (Å²) in [6.45, 7) is 7.81. The number of morpholine rings is 1. The summed E-state index contributed by atoms with van der Waals surface area (Å²) in [5.41, 5.74) is -0.0625. The Kier molecular flexibility index (Phi) is 4.99. The highest BCUT2D eigenvalue weighted by Gasteiger charge is 2.22. The van der Waals surface area contributed by atoms with Crippen LogP contribution in [-0.4, -0.2) is 61.7 Å². The molecule has 1 rings (SSSR count). The van der Waals surface area contributed by atoms with E-state index in [-0.39, 0.29) is 18.3 Å². The van der Waals surface area contributed by atoms with Crippen LogP contribution in [-0.2, 0) is 9.47 Å². The Labute approximate surface area is 92.2 Å². The van der Waals surface area contributed by atoms with Crippen LogP contribution in [0.15, 0.2) is 0 Å². The zero-order valence-corrected chi connectivity index (χ0v) is 10.0. The molecule has 1 saturated heterocycles. The molecule has 4 heteroatoms. The molecule has 1 N–H and O–H groups in total. The lowest BCUT2D eigenvalue weighted by Crippen LogP contribution is -2.45. The fourth-order valence-corrected chi connectivity index (χ4v) is 1.62. The van der Waals surface area contributed by atoms with Crippen molar-refractivity contribution >= 4 is 0 Å². The molecule has 1 aliphatic rings. The first-order valence-electron chi connectivity index (χ1n) is 5.57. The number of ether oxygens (including phenoxy) is 2. The van der Waals surface area contributed by atoms with Crippen LogP contribution in [0.25, 0.3) is 0 Å². The SMILES string of the molecule is COC(C)(C)CCN1CCOC(CO)C1. The maximum atomic E-state index is 9.01. The number of aliphatic hydroxyl groups excluding tert-OH is 1. The van der Waals surface area contributed by atoms with Gasteiger partial charge in [-0.2, -0.15) is 0 Å². The second kappa shape index (κ2) is 5.80. The molecule has 90 valence electrons. The van der Waals surface area contributed by atoms with Crippen LogP contribution >= 0.6 is 0 Å². The van der Waals surface area contributed by atoms with Crippen molar-refractivity contribution < 1.29 is 14.6 Å². The van der Waals surface area contributed by atoms with Crippen molar-refractivity contribution in [1.82, 2.24) is 4.90 Å². The standard InChI is InChI=1S/C11H23NO3/c1-11(2,14-3)4-5-12-6-7-15-10(8-12)9-13/h10,13H,4-9H2,1-3H3. The van der Waals surface area contributed by atoms with Crippen molar-refractivity contribution in [2.75, 3.05) is 40.0 Å². The zero-order valence-electron chi connectivity index (χ0n) is 10.0. The highest BCUT2D eigenvalue weighted by molar-refractivity contribution is 4.75. The Morgan fingerprint density at radius 1 is 1.53 bits per heavy atom. The lowest BCUT2D eigenvalue weighted by Gasteiger charge is -2.34. The second-order valence-electron chi connectivity index (χ2n) is 4.69. The monoisotopic (exact) mass is 217 g/mol. The summed E-state index contributed by atoms with van der Waals surface area (Å²) in [4.78, 5) is 2.32. The molecule has 0 aromatic rings. The summed E-state index contributed by atoms with van der Waals surface area (Å²) >= 11 is 0. The molecule has 1 aliphatic heterocycles. The largest absolute Gasteiger partial charge is 0.394 e. The van der Waals surface area contributed by atoms with Crippen LogP contribution in [0.1, 0.15) is 20.3 Å². The van der Waals surface area contributed by atoms with E-state index in [9.17, 15) is 0 Å². The maximum absolute atomic E-state index is 9.01. The molecule has 0 amide bonds. The van der Waals surface area contributed by atoms with E-state index < -0.39 is 0 Å². The van der Waals surface area contributed by atoms with Crippen LogP contribution in [0.2, 0.25) is 0 Å². The van der Waals surface area contributed by atoms with Gasteiger partial charge in [0.25, 0.3) is 0 Å². The topological polar surface area (TPSA) is 41.9 Å². The first-order valence-corrected chi connectivity index (χ1v) is 5.57. The van der Waals surface area contributed by atoms with Crippen molar-refractivity contribution in [1.29, 1.82) is 0 Å². The molecule has 1 unspecified atom stereocenters. The molecule has 0 saturated carbocycles. The normalized spacial score (nSPS) is 24.4. The lowest BCUT2D eigenvalue weighted by atomic mass is 10.0. The smallest absolute Gasteiger partial charge is 0.0932 e. The molecule has 0 aliphatic carbocycles. The van der Waals surface area contributed by atoms with E-state index in [0.29, 0.717) is 0 Å². The number of hydrogen-bond acceptors (Lipinski definition) is 4. The maximum Gasteiger partial charge on any atom is 0.0932 e. The summed E-state index contributed by atoms with van der Waals surface area (Å²) in [7, 11) is 1.75. The zero-order chi connectivity index (χ0) is 11.3.